The third-order valence-electron chi connectivity index (χ3n) is 6.79. The Morgan fingerprint density at radius 3 is 2.64 bits per heavy atom. The topological polar surface area (TPSA) is 49.9 Å². The van der Waals surface area contributed by atoms with Crippen molar-refractivity contribution in [3.8, 4) is 5.75 Å². The van der Waals surface area contributed by atoms with E-state index in [2.05, 4.69) is 13.8 Å². The summed E-state index contributed by atoms with van der Waals surface area (Å²) in [6, 6.07) is 15.4. The van der Waals surface area contributed by atoms with Crippen molar-refractivity contribution in [3.63, 3.8) is 0 Å². The fourth-order valence-corrected chi connectivity index (χ4v) is 5.39. The molecule has 0 aliphatic carbocycles. The van der Waals surface area contributed by atoms with Gasteiger partial charge in [-0.1, -0.05) is 50.1 Å². The molecule has 1 aliphatic heterocycles. The van der Waals surface area contributed by atoms with Crippen LogP contribution in [0.4, 0.5) is 4.39 Å². The number of hydrogen-bond donors (Lipinski definition) is 0. The minimum atomic E-state index is -0.430. The SMILES string of the molecule is CC[C@@H](C)CN(CC(=O)N1CCc2sccc2[C@H]1COc1ccccc1F)C(=O)c1ccc(C)cc1. The Bertz CT molecular complexity index is 1190. The number of carbonyl (C=O) groups is 2. The predicted octanol–water partition coefficient (Wildman–Crippen LogP) is 5.89. The number of amides is 2. The standard InChI is InChI=1S/C29H33FN2O3S/c1-4-20(2)17-31(29(34)22-11-9-21(3)10-12-22)18-28(33)32-15-13-27-23(14-16-36-27)25(32)19-35-26-8-6-5-7-24(26)30/h5-12,14,16,20,25H,4,13,15,17-19H2,1-3H3/t20-,25-/m1/s1. The molecule has 4 rings (SSSR count). The molecule has 1 aromatic heterocycles. The first-order valence-corrected chi connectivity index (χ1v) is 13.3. The van der Waals surface area contributed by atoms with E-state index in [-0.39, 0.29) is 42.7 Å². The third kappa shape index (κ3) is 5.95. The molecule has 0 saturated heterocycles. The van der Waals surface area contributed by atoms with Crippen molar-refractivity contribution >= 4 is 23.2 Å². The maximum absolute atomic E-state index is 14.2. The number of hydrogen-bond acceptors (Lipinski definition) is 4. The van der Waals surface area contributed by atoms with Crippen LogP contribution in [0.1, 0.15) is 52.7 Å². The number of para-hydroxylation sites is 1. The molecule has 36 heavy (non-hydrogen) atoms. The molecule has 0 spiro atoms. The first kappa shape index (κ1) is 25.9. The minimum absolute atomic E-state index is 0.00722. The third-order valence-corrected chi connectivity index (χ3v) is 7.79. The highest BCUT2D eigenvalue weighted by molar-refractivity contribution is 7.10. The van der Waals surface area contributed by atoms with E-state index >= 15 is 0 Å². The molecule has 5 nitrogen and oxygen atoms in total. The molecule has 3 aromatic rings. The van der Waals surface area contributed by atoms with Gasteiger partial charge in [0.05, 0.1) is 6.04 Å². The Kier molecular flexibility index (Phi) is 8.41. The Morgan fingerprint density at radius 2 is 1.92 bits per heavy atom. The summed E-state index contributed by atoms with van der Waals surface area (Å²) < 4.78 is 20.0. The Labute approximate surface area is 216 Å². The van der Waals surface area contributed by atoms with Crippen molar-refractivity contribution in [1.29, 1.82) is 0 Å². The van der Waals surface area contributed by atoms with Gasteiger partial charge in [-0.05, 0) is 60.5 Å². The number of halogens is 1. The number of carbonyl (C=O) groups excluding carboxylic acids is 2. The summed E-state index contributed by atoms with van der Waals surface area (Å²) in [6.07, 6.45) is 1.67. The molecule has 0 radical (unpaired) electrons. The van der Waals surface area contributed by atoms with Gasteiger partial charge in [0.15, 0.2) is 11.6 Å². The zero-order valence-electron chi connectivity index (χ0n) is 21.1. The second kappa shape index (κ2) is 11.7. The predicted molar refractivity (Wildman–Crippen MR) is 141 cm³/mol. The summed E-state index contributed by atoms with van der Waals surface area (Å²) in [5, 5.41) is 2.02. The summed E-state index contributed by atoms with van der Waals surface area (Å²) in [4.78, 5) is 31.8. The molecule has 0 fully saturated rings. The average Bonchev–Trinajstić information content (AvgIpc) is 3.37. The van der Waals surface area contributed by atoms with E-state index in [4.69, 9.17) is 4.74 Å². The lowest BCUT2D eigenvalue weighted by molar-refractivity contribution is -0.135. The number of benzene rings is 2. The first-order chi connectivity index (χ1) is 17.4. The number of aryl methyl sites for hydroxylation is 1. The second-order valence-electron chi connectivity index (χ2n) is 9.46. The summed E-state index contributed by atoms with van der Waals surface area (Å²) in [5.74, 6) is -0.272. The van der Waals surface area contributed by atoms with Crippen LogP contribution < -0.4 is 4.74 Å². The zero-order chi connectivity index (χ0) is 25.7. The fraction of sp³-hybridized carbons (Fsp3) is 0.379. The molecule has 190 valence electrons. The van der Waals surface area contributed by atoms with E-state index in [1.54, 1.807) is 39.3 Å². The Hall–Kier alpha value is -3.19. The van der Waals surface area contributed by atoms with Crippen LogP contribution in [-0.4, -0.2) is 47.9 Å². The lowest BCUT2D eigenvalue weighted by atomic mass is 10.00. The Balaban J connectivity index is 1.55. The molecule has 0 unspecified atom stereocenters. The summed E-state index contributed by atoms with van der Waals surface area (Å²) in [5.41, 5.74) is 2.69. The number of rotatable bonds is 9. The highest BCUT2D eigenvalue weighted by atomic mass is 32.1. The quantitative estimate of drug-likeness (QED) is 0.362. The van der Waals surface area contributed by atoms with Gasteiger partial charge in [0, 0.05) is 23.5 Å². The molecule has 2 heterocycles. The summed E-state index contributed by atoms with van der Waals surface area (Å²) in [7, 11) is 0. The van der Waals surface area contributed by atoms with Gasteiger partial charge in [-0.2, -0.15) is 0 Å². The van der Waals surface area contributed by atoms with E-state index in [1.807, 2.05) is 42.6 Å². The number of nitrogens with zero attached hydrogens (tertiary/aromatic N) is 2. The minimum Gasteiger partial charge on any atom is -0.488 e. The maximum Gasteiger partial charge on any atom is 0.254 e. The van der Waals surface area contributed by atoms with Gasteiger partial charge >= 0.3 is 0 Å². The van der Waals surface area contributed by atoms with Crippen molar-refractivity contribution in [2.75, 3.05) is 26.2 Å². The molecule has 2 atom stereocenters. The van der Waals surface area contributed by atoms with Crippen molar-refractivity contribution in [2.24, 2.45) is 5.92 Å². The maximum atomic E-state index is 14.2. The number of fused-ring (bicyclic) bond motifs is 1. The van der Waals surface area contributed by atoms with Crippen molar-refractivity contribution in [3.05, 3.63) is 87.4 Å². The molecule has 1 aliphatic rings. The van der Waals surface area contributed by atoms with Crippen LogP contribution in [0.2, 0.25) is 0 Å². The zero-order valence-corrected chi connectivity index (χ0v) is 21.9. The fourth-order valence-electron chi connectivity index (χ4n) is 4.46. The van der Waals surface area contributed by atoms with Crippen LogP contribution in [-0.2, 0) is 11.2 Å². The highest BCUT2D eigenvalue weighted by Gasteiger charge is 2.34. The average molecular weight is 509 g/mol. The van der Waals surface area contributed by atoms with Gasteiger partial charge in [-0.15, -0.1) is 11.3 Å². The molecule has 0 N–H and O–H groups in total. The van der Waals surface area contributed by atoms with E-state index in [9.17, 15) is 14.0 Å². The molecular weight excluding hydrogens is 475 g/mol. The summed E-state index contributed by atoms with van der Waals surface area (Å²) >= 11 is 1.66. The van der Waals surface area contributed by atoms with E-state index < -0.39 is 5.82 Å². The Morgan fingerprint density at radius 1 is 1.17 bits per heavy atom. The molecule has 2 aromatic carbocycles. The van der Waals surface area contributed by atoms with Crippen LogP contribution in [0.15, 0.2) is 60.0 Å². The van der Waals surface area contributed by atoms with E-state index in [0.717, 1.165) is 24.0 Å². The molecule has 0 bridgehead atoms. The van der Waals surface area contributed by atoms with Gasteiger partial charge < -0.3 is 14.5 Å². The monoisotopic (exact) mass is 508 g/mol. The molecular formula is C29H33FN2O3S. The van der Waals surface area contributed by atoms with Crippen LogP contribution in [0.3, 0.4) is 0 Å². The highest BCUT2D eigenvalue weighted by Crippen LogP contribution is 2.34. The number of ether oxygens (including phenoxy) is 1. The van der Waals surface area contributed by atoms with Crippen LogP contribution in [0.25, 0.3) is 0 Å². The van der Waals surface area contributed by atoms with Gasteiger partial charge in [0.2, 0.25) is 5.91 Å². The molecule has 0 saturated carbocycles. The molecule has 2 amide bonds. The smallest absolute Gasteiger partial charge is 0.254 e. The lowest BCUT2D eigenvalue weighted by Gasteiger charge is -2.37. The number of thiophene rings is 1. The van der Waals surface area contributed by atoms with Gasteiger partial charge in [-0.3, -0.25) is 9.59 Å². The van der Waals surface area contributed by atoms with E-state index in [0.29, 0.717) is 18.7 Å². The van der Waals surface area contributed by atoms with Crippen LogP contribution >= 0.6 is 11.3 Å². The van der Waals surface area contributed by atoms with Gasteiger partial charge in [-0.25, -0.2) is 4.39 Å². The van der Waals surface area contributed by atoms with Crippen molar-refractivity contribution < 1.29 is 18.7 Å². The van der Waals surface area contributed by atoms with Crippen molar-refractivity contribution in [2.45, 2.75) is 39.7 Å². The van der Waals surface area contributed by atoms with Gasteiger partial charge in [0.1, 0.15) is 13.2 Å². The largest absolute Gasteiger partial charge is 0.488 e. The normalized spacial score (nSPS) is 15.8. The van der Waals surface area contributed by atoms with Crippen LogP contribution in [0.5, 0.6) is 5.75 Å². The first-order valence-electron chi connectivity index (χ1n) is 12.5. The summed E-state index contributed by atoms with van der Waals surface area (Å²) in [6.45, 7) is 7.33. The second-order valence-corrected chi connectivity index (χ2v) is 10.5. The van der Waals surface area contributed by atoms with Crippen molar-refractivity contribution in [1.82, 2.24) is 9.80 Å². The van der Waals surface area contributed by atoms with Crippen LogP contribution in [0, 0.1) is 18.7 Å². The van der Waals surface area contributed by atoms with Gasteiger partial charge in [0.25, 0.3) is 5.91 Å². The lowest BCUT2D eigenvalue weighted by Crippen LogP contribution is -2.48. The van der Waals surface area contributed by atoms with E-state index in [1.165, 1.54) is 10.9 Å². The molecule has 7 heteroatoms.